The molecule has 0 aliphatic rings. The molecular formula is C13H23NOS. The van der Waals surface area contributed by atoms with Crippen LogP contribution in [0.3, 0.4) is 0 Å². The van der Waals surface area contributed by atoms with Gasteiger partial charge in [-0.1, -0.05) is 20.3 Å². The minimum atomic E-state index is 0.586. The second-order valence-electron chi connectivity index (χ2n) is 4.46. The molecule has 1 aromatic heterocycles. The number of nitrogens with one attached hydrogen (secondary N) is 1. The molecule has 1 N–H and O–H groups in total. The maximum absolute atomic E-state index is 5.17. The van der Waals surface area contributed by atoms with Crippen molar-refractivity contribution in [2.75, 3.05) is 7.11 Å². The Morgan fingerprint density at radius 1 is 1.38 bits per heavy atom. The fourth-order valence-electron chi connectivity index (χ4n) is 1.69. The number of rotatable bonds is 7. The number of ether oxygens (including phenoxy) is 1. The molecule has 0 aliphatic carbocycles. The average Bonchev–Trinajstić information content (AvgIpc) is 2.74. The molecule has 0 saturated carbocycles. The van der Waals surface area contributed by atoms with Crippen LogP contribution in [0.2, 0.25) is 0 Å². The lowest BCUT2D eigenvalue weighted by Gasteiger charge is -2.16. The molecule has 2 unspecified atom stereocenters. The van der Waals surface area contributed by atoms with E-state index in [4.69, 9.17) is 4.74 Å². The summed E-state index contributed by atoms with van der Waals surface area (Å²) in [6.07, 6.45) is 2.51. The van der Waals surface area contributed by atoms with Crippen molar-refractivity contribution in [2.45, 2.75) is 46.2 Å². The standard InChI is InChI=1S/C13H23NOS/c1-5-10(2)8-11(3)14-9-12-6-7-13(15-4)16-12/h6-7,10-11,14H,5,8-9H2,1-4H3. The summed E-state index contributed by atoms with van der Waals surface area (Å²) in [4.78, 5) is 1.34. The van der Waals surface area contributed by atoms with E-state index in [9.17, 15) is 0 Å². The Kier molecular flexibility index (Phi) is 5.85. The predicted octanol–water partition coefficient (Wildman–Crippen LogP) is 3.67. The third kappa shape index (κ3) is 4.54. The molecule has 0 aromatic carbocycles. The van der Waals surface area contributed by atoms with Gasteiger partial charge in [-0.25, -0.2) is 0 Å². The van der Waals surface area contributed by atoms with Crippen LogP contribution in [0.25, 0.3) is 0 Å². The summed E-state index contributed by atoms with van der Waals surface area (Å²) >= 11 is 1.71. The lowest BCUT2D eigenvalue weighted by molar-refractivity contribution is 0.413. The van der Waals surface area contributed by atoms with Crippen LogP contribution in [0.1, 0.15) is 38.5 Å². The van der Waals surface area contributed by atoms with Gasteiger partial charge in [0, 0.05) is 17.5 Å². The first kappa shape index (κ1) is 13.5. The van der Waals surface area contributed by atoms with Crippen molar-refractivity contribution in [1.29, 1.82) is 0 Å². The van der Waals surface area contributed by atoms with Crippen molar-refractivity contribution < 1.29 is 4.74 Å². The minimum absolute atomic E-state index is 0.586. The average molecular weight is 241 g/mol. The first-order valence-electron chi connectivity index (χ1n) is 6.01. The Balaban J connectivity index is 2.28. The maximum atomic E-state index is 5.17. The second-order valence-corrected chi connectivity index (χ2v) is 5.59. The lowest BCUT2D eigenvalue weighted by atomic mass is 10.0. The van der Waals surface area contributed by atoms with Crippen LogP contribution >= 0.6 is 11.3 Å². The topological polar surface area (TPSA) is 21.3 Å². The van der Waals surface area contributed by atoms with E-state index >= 15 is 0 Å². The minimum Gasteiger partial charge on any atom is -0.487 e. The van der Waals surface area contributed by atoms with Crippen molar-refractivity contribution in [3.05, 3.63) is 17.0 Å². The Labute approximate surface area is 103 Å². The first-order valence-corrected chi connectivity index (χ1v) is 6.83. The summed E-state index contributed by atoms with van der Waals surface area (Å²) in [5, 5.41) is 4.55. The summed E-state index contributed by atoms with van der Waals surface area (Å²) in [6.45, 7) is 7.77. The first-order chi connectivity index (χ1) is 7.65. The van der Waals surface area contributed by atoms with E-state index in [1.807, 2.05) is 6.07 Å². The molecule has 0 saturated heterocycles. The molecule has 0 radical (unpaired) electrons. The van der Waals surface area contributed by atoms with Crippen LogP contribution in [0.4, 0.5) is 0 Å². The molecular weight excluding hydrogens is 218 g/mol. The smallest absolute Gasteiger partial charge is 0.173 e. The normalized spacial score (nSPS) is 14.8. The molecule has 0 fully saturated rings. The highest BCUT2D eigenvalue weighted by molar-refractivity contribution is 7.13. The van der Waals surface area contributed by atoms with Crippen LogP contribution in [-0.2, 0) is 6.54 Å². The van der Waals surface area contributed by atoms with Gasteiger partial charge >= 0.3 is 0 Å². The van der Waals surface area contributed by atoms with E-state index in [0.717, 1.165) is 17.5 Å². The largest absolute Gasteiger partial charge is 0.487 e. The quantitative estimate of drug-likeness (QED) is 0.786. The maximum Gasteiger partial charge on any atom is 0.173 e. The van der Waals surface area contributed by atoms with Gasteiger partial charge < -0.3 is 10.1 Å². The molecule has 1 aromatic rings. The van der Waals surface area contributed by atoms with Gasteiger partial charge in [-0.05, 0) is 31.4 Å². The fourth-order valence-corrected chi connectivity index (χ4v) is 2.46. The molecule has 0 aliphatic heterocycles. The highest BCUT2D eigenvalue weighted by atomic mass is 32.1. The fraction of sp³-hybridized carbons (Fsp3) is 0.692. The van der Waals surface area contributed by atoms with E-state index in [1.165, 1.54) is 17.7 Å². The molecule has 2 nitrogen and oxygen atoms in total. The van der Waals surface area contributed by atoms with Crippen molar-refractivity contribution in [3.63, 3.8) is 0 Å². The number of hydrogen-bond donors (Lipinski definition) is 1. The molecule has 16 heavy (non-hydrogen) atoms. The molecule has 3 heteroatoms. The van der Waals surface area contributed by atoms with E-state index in [1.54, 1.807) is 18.4 Å². The summed E-state index contributed by atoms with van der Waals surface area (Å²) in [6, 6.07) is 4.75. The van der Waals surface area contributed by atoms with E-state index < -0.39 is 0 Å². The zero-order valence-corrected chi connectivity index (χ0v) is 11.6. The molecule has 92 valence electrons. The van der Waals surface area contributed by atoms with E-state index in [-0.39, 0.29) is 0 Å². The zero-order chi connectivity index (χ0) is 12.0. The third-order valence-electron chi connectivity index (χ3n) is 2.92. The Morgan fingerprint density at radius 3 is 2.69 bits per heavy atom. The summed E-state index contributed by atoms with van der Waals surface area (Å²) in [5.74, 6) is 0.806. The van der Waals surface area contributed by atoms with Crippen LogP contribution in [-0.4, -0.2) is 13.2 Å². The number of thiophene rings is 1. The van der Waals surface area contributed by atoms with Gasteiger partial charge in [0.15, 0.2) is 5.06 Å². The third-order valence-corrected chi connectivity index (χ3v) is 3.96. The number of hydrogen-bond acceptors (Lipinski definition) is 3. The van der Waals surface area contributed by atoms with Gasteiger partial charge in [-0.3, -0.25) is 0 Å². The monoisotopic (exact) mass is 241 g/mol. The van der Waals surface area contributed by atoms with Crippen molar-refractivity contribution in [3.8, 4) is 5.06 Å². The van der Waals surface area contributed by atoms with Gasteiger partial charge in [0.05, 0.1) is 7.11 Å². The molecule has 1 heterocycles. The Hall–Kier alpha value is -0.540. The molecule has 1 rings (SSSR count). The molecule has 0 amide bonds. The van der Waals surface area contributed by atoms with Crippen LogP contribution in [0, 0.1) is 5.92 Å². The Bertz CT molecular complexity index is 298. The summed E-state index contributed by atoms with van der Waals surface area (Å²) < 4.78 is 5.17. The van der Waals surface area contributed by atoms with Gasteiger partial charge in [0.1, 0.15) is 0 Å². The van der Waals surface area contributed by atoms with Gasteiger partial charge in [0.2, 0.25) is 0 Å². The van der Waals surface area contributed by atoms with Crippen molar-refractivity contribution in [2.24, 2.45) is 5.92 Å². The van der Waals surface area contributed by atoms with Crippen molar-refractivity contribution >= 4 is 11.3 Å². The zero-order valence-electron chi connectivity index (χ0n) is 10.7. The Morgan fingerprint density at radius 2 is 2.12 bits per heavy atom. The molecule has 2 atom stereocenters. The highest BCUT2D eigenvalue weighted by Gasteiger charge is 2.07. The van der Waals surface area contributed by atoms with Gasteiger partial charge in [0.25, 0.3) is 0 Å². The SMILES string of the molecule is CCC(C)CC(C)NCc1ccc(OC)s1. The number of methoxy groups -OCH3 is 1. The van der Waals surface area contributed by atoms with Gasteiger partial charge in [-0.15, -0.1) is 11.3 Å². The molecule has 0 spiro atoms. The molecule has 0 bridgehead atoms. The van der Waals surface area contributed by atoms with E-state index in [2.05, 4.69) is 32.2 Å². The lowest BCUT2D eigenvalue weighted by Crippen LogP contribution is -2.26. The van der Waals surface area contributed by atoms with Crippen LogP contribution in [0.15, 0.2) is 12.1 Å². The van der Waals surface area contributed by atoms with E-state index in [0.29, 0.717) is 6.04 Å². The van der Waals surface area contributed by atoms with Crippen LogP contribution in [0.5, 0.6) is 5.06 Å². The van der Waals surface area contributed by atoms with Crippen LogP contribution < -0.4 is 10.1 Å². The highest BCUT2D eigenvalue weighted by Crippen LogP contribution is 2.23. The predicted molar refractivity (Wildman–Crippen MR) is 71.2 cm³/mol. The second kappa shape index (κ2) is 6.92. The summed E-state index contributed by atoms with van der Waals surface area (Å²) in [7, 11) is 1.72. The van der Waals surface area contributed by atoms with Gasteiger partial charge in [-0.2, -0.15) is 0 Å². The van der Waals surface area contributed by atoms with Crippen molar-refractivity contribution in [1.82, 2.24) is 5.32 Å². The summed E-state index contributed by atoms with van der Waals surface area (Å²) in [5.41, 5.74) is 0.